The van der Waals surface area contributed by atoms with Gasteiger partial charge in [-0.15, -0.1) is 10.2 Å². The topological polar surface area (TPSA) is 103 Å². The van der Waals surface area contributed by atoms with Gasteiger partial charge in [0.15, 0.2) is 17.4 Å². The van der Waals surface area contributed by atoms with Crippen LogP contribution in [0.25, 0.3) is 11.4 Å². The predicted molar refractivity (Wildman–Crippen MR) is 75.0 cm³/mol. The molecule has 0 aliphatic heterocycles. The Morgan fingerprint density at radius 2 is 2.14 bits per heavy atom. The van der Waals surface area contributed by atoms with E-state index in [1.54, 1.807) is 16.7 Å². The SMILES string of the molecule is COc1cc(-c2nnc(CO)n2C(C)C)ccc1[N+](=O)[O-]. The Labute approximate surface area is 121 Å². The number of hydrogen-bond donors (Lipinski definition) is 1. The number of aliphatic hydroxyl groups excluding tert-OH is 1. The molecule has 1 N–H and O–H groups in total. The van der Waals surface area contributed by atoms with E-state index in [0.29, 0.717) is 17.2 Å². The maximum atomic E-state index is 10.9. The molecule has 0 aliphatic carbocycles. The number of rotatable bonds is 5. The van der Waals surface area contributed by atoms with E-state index in [4.69, 9.17) is 4.74 Å². The third-order valence-corrected chi connectivity index (χ3v) is 3.06. The zero-order valence-electron chi connectivity index (χ0n) is 12.0. The van der Waals surface area contributed by atoms with E-state index < -0.39 is 4.92 Å². The summed E-state index contributed by atoms with van der Waals surface area (Å²) in [7, 11) is 1.37. The van der Waals surface area contributed by atoms with Crippen molar-refractivity contribution in [1.29, 1.82) is 0 Å². The molecule has 0 radical (unpaired) electrons. The van der Waals surface area contributed by atoms with Gasteiger partial charge in [-0.1, -0.05) is 0 Å². The van der Waals surface area contributed by atoms with E-state index in [9.17, 15) is 15.2 Å². The van der Waals surface area contributed by atoms with Crippen molar-refractivity contribution in [3.8, 4) is 17.1 Å². The summed E-state index contributed by atoms with van der Waals surface area (Å²) in [6.07, 6.45) is 0. The van der Waals surface area contributed by atoms with Gasteiger partial charge in [0.25, 0.3) is 0 Å². The first-order chi connectivity index (χ1) is 9.99. The lowest BCUT2D eigenvalue weighted by Gasteiger charge is -2.13. The average molecular weight is 292 g/mol. The minimum Gasteiger partial charge on any atom is -0.490 e. The van der Waals surface area contributed by atoms with Crippen LogP contribution in [0.3, 0.4) is 0 Å². The molecule has 8 nitrogen and oxygen atoms in total. The number of aromatic nitrogens is 3. The molecular formula is C13H16N4O4. The quantitative estimate of drug-likeness (QED) is 0.667. The molecule has 0 saturated heterocycles. The van der Waals surface area contributed by atoms with E-state index in [0.717, 1.165) is 0 Å². The number of ether oxygens (including phenoxy) is 1. The molecule has 0 spiro atoms. The summed E-state index contributed by atoms with van der Waals surface area (Å²) < 4.78 is 6.83. The van der Waals surface area contributed by atoms with Gasteiger partial charge in [0, 0.05) is 17.7 Å². The lowest BCUT2D eigenvalue weighted by Crippen LogP contribution is -2.08. The van der Waals surface area contributed by atoms with Crippen molar-refractivity contribution in [2.75, 3.05) is 7.11 Å². The molecule has 0 bridgehead atoms. The summed E-state index contributed by atoms with van der Waals surface area (Å²) in [6, 6.07) is 4.54. The first-order valence-corrected chi connectivity index (χ1v) is 6.37. The average Bonchev–Trinajstić information content (AvgIpc) is 2.90. The summed E-state index contributed by atoms with van der Waals surface area (Å²) in [5, 5.41) is 28.2. The number of hydrogen-bond acceptors (Lipinski definition) is 6. The van der Waals surface area contributed by atoms with Gasteiger partial charge in [-0.05, 0) is 26.0 Å². The van der Waals surface area contributed by atoms with Gasteiger partial charge in [-0.3, -0.25) is 10.1 Å². The molecule has 0 unspecified atom stereocenters. The number of nitro groups is 1. The van der Waals surface area contributed by atoms with E-state index in [1.165, 1.54) is 13.2 Å². The van der Waals surface area contributed by atoms with Crippen molar-refractivity contribution in [1.82, 2.24) is 14.8 Å². The number of benzene rings is 1. The van der Waals surface area contributed by atoms with Gasteiger partial charge in [0.05, 0.1) is 12.0 Å². The van der Waals surface area contributed by atoms with Gasteiger partial charge in [-0.2, -0.15) is 0 Å². The molecule has 2 aromatic rings. The zero-order chi connectivity index (χ0) is 15.6. The summed E-state index contributed by atoms with van der Waals surface area (Å²) in [5.74, 6) is 1.13. The summed E-state index contributed by atoms with van der Waals surface area (Å²) in [4.78, 5) is 10.4. The summed E-state index contributed by atoms with van der Waals surface area (Å²) in [5.41, 5.74) is 0.526. The Hall–Kier alpha value is -2.48. The molecule has 1 aromatic heterocycles. The number of nitrogens with zero attached hydrogens (tertiary/aromatic N) is 4. The van der Waals surface area contributed by atoms with Crippen molar-refractivity contribution in [2.45, 2.75) is 26.5 Å². The van der Waals surface area contributed by atoms with Gasteiger partial charge in [0.2, 0.25) is 0 Å². The summed E-state index contributed by atoms with van der Waals surface area (Å²) in [6.45, 7) is 3.65. The maximum absolute atomic E-state index is 10.9. The van der Waals surface area contributed by atoms with E-state index in [2.05, 4.69) is 10.2 Å². The van der Waals surface area contributed by atoms with Crippen molar-refractivity contribution in [3.05, 3.63) is 34.1 Å². The largest absolute Gasteiger partial charge is 0.490 e. The predicted octanol–water partition coefficient (Wildman–Crippen LogP) is 1.94. The van der Waals surface area contributed by atoms with Gasteiger partial charge in [-0.25, -0.2) is 0 Å². The molecule has 0 saturated carbocycles. The first-order valence-electron chi connectivity index (χ1n) is 6.37. The lowest BCUT2D eigenvalue weighted by atomic mass is 10.1. The highest BCUT2D eigenvalue weighted by Gasteiger charge is 2.20. The Morgan fingerprint density at radius 1 is 1.43 bits per heavy atom. The van der Waals surface area contributed by atoms with E-state index >= 15 is 0 Å². The van der Waals surface area contributed by atoms with Crippen molar-refractivity contribution >= 4 is 5.69 Å². The van der Waals surface area contributed by atoms with Crippen LogP contribution >= 0.6 is 0 Å². The van der Waals surface area contributed by atoms with Crippen molar-refractivity contribution in [2.24, 2.45) is 0 Å². The minimum atomic E-state index is -0.505. The molecule has 8 heteroatoms. The van der Waals surface area contributed by atoms with Crippen LogP contribution in [0.2, 0.25) is 0 Å². The highest BCUT2D eigenvalue weighted by molar-refractivity contribution is 5.63. The Morgan fingerprint density at radius 3 is 2.67 bits per heavy atom. The first kappa shape index (κ1) is 14.9. The van der Waals surface area contributed by atoms with Crippen molar-refractivity contribution < 1.29 is 14.8 Å². The monoisotopic (exact) mass is 292 g/mol. The van der Waals surface area contributed by atoms with Crippen LogP contribution in [0.15, 0.2) is 18.2 Å². The van der Waals surface area contributed by atoms with Crippen molar-refractivity contribution in [3.63, 3.8) is 0 Å². The zero-order valence-corrected chi connectivity index (χ0v) is 12.0. The van der Waals surface area contributed by atoms with E-state index in [-0.39, 0.29) is 24.1 Å². The standard InChI is InChI=1S/C13H16N4O4/c1-8(2)16-12(7-18)14-15-13(16)9-4-5-10(17(19)20)11(6-9)21-3/h4-6,8,18H,7H2,1-3H3. The molecule has 0 aliphatic rings. The van der Waals surface area contributed by atoms with Crippen LogP contribution in [0, 0.1) is 10.1 Å². The van der Waals surface area contributed by atoms with Gasteiger partial charge >= 0.3 is 5.69 Å². The fourth-order valence-corrected chi connectivity index (χ4v) is 2.14. The Kier molecular flexibility index (Phi) is 4.18. The smallest absolute Gasteiger partial charge is 0.310 e. The molecule has 1 aromatic carbocycles. The molecule has 0 atom stereocenters. The van der Waals surface area contributed by atoms with Crippen LogP contribution in [0.4, 0.5) is 5.69 Å². The number of methoxy groups -OCH3 is 1. The second-order valence-corrected chi connectivity index (χ2v) is 4.71. The third kappa shape index (κ3) is 2.70. The molecule has 2 rings (SSSR count). The third-order valence-electron chi connectivity index (χ3n) is 3.06. The second kappa shape index (κ2) is 5.88. The van der Waals surface area contributed by atoms with Gasteiger partial charge < -0.3 is 14.4 Å². The number of nitro benzene ring substituents is 1. The normalized spacial score (nSPS) is 10.9. The van der Waals surface area contributed by atoms with Crippen LogP contribution in [0.5, 0.6) is 5.75 Å². The van der Waals surface area contributed by atoms with Crippen LogP contribution in [-0.4, -0.2) is 31.9 Å². The lowest BCUT2D eigenvalue weighted by molar-refractivity contribution is -0.385. The van der Waals surface area contributed by atoms with Crippen LogP contribution in [0.1, 0.15) is 25.7 Å². The Bertz CT molecular complexity index is 666. The summed E-state index contributed by atoms with van der Waals surface area (Å²) >= 11 is 0. The second-order valence-electron chi connectivity index (χ2n) is 4.71. The maximum Gasteiger partial charge on any atom is 0.310 e. The molecular weight excluding hydrogens is 276 g/mol. The highest BCUT2D eigenvalue weighted by atomic mass is 16.6. The minimum absolute atomic E-state index is 0.0401. The Balaban J connectivity index is 2.57. The molecule has 0 fully saturated rings. The van der Waals surface area contributed by atoms with E-state index in [1.807, 2.05) is 13.8 Å². The van der Waals surface area contributed by atoms with Crippen LogP contribution < -0.4 is 4.74 Å². The van der Waals surface area contributed by atoms with Crippen LogP contribution in [-0.2, 0) is 6.61 Å². The molecule has 21 heavy (non-hydrogen) atoms. The molecule has 1 heterocycles. The fraction of sp³-hybridized carbons (Fsp3) is 0.385. The highest BCUT2D eigenvalue weighted by Crippen LogP contribution is 2.32. The fourth-order valence-electron chi connectivity index (χ4n) is 2.14. The molecule has 112 valence electrons. The number of aliphatic hydroxyl groups is 1. The molecule has 0 amide bonds. The van der Waals surface area contributed by atoms with Gasteiger partial charge in [0.1, 0.15) is 6.61 Å².